The Bertz CT molecular complexity index is 746. The molecule has 134 valence electrons. The van der Waals surface area contributed by atoms with Crippen LogP contribution < -0.4 is 10.6 Å². The average molecular weight is 379 g/mol. The largest absolute Gasteiger partial charge is 0.325 e. The van der Waals surface area contributed by atoms with Gasteiger partial charge in [-0.1, -0.05) is 54.1 Å². The zero-order valence-corrected chi connectivity index (χ0v) is 16.2. The fourth-order valence-corrected chi connectivity index (χ4v) is 3.67. The molecule has 0 atom stereocenters. The summed E-state index contributed by atoms with van der Waals surface area (Å²) < 4.78 is 0.654. The second-order valence-corrected chi connectivity index (χ2v) is 7.88. The molecule has 0 aliphatic carbocycles. The molecule has 1 aromatic heterocycles. The van der Waals surface area contributed by atoms with Crippen LogP contribution in [0.4, 0.5) is 10.8 Å². The second-order valence-electron chi connectivity index (χ2n) is 5.68. The Morgan fingerprint density at radius 2 is 1.96 bits per heavy atom. The van der Waals surface area contributed by atoms with Crippen LogP contribution in [-0.2, 0) is 9.59 Å². The molecule has 1 aromatic carbocycles. The SMILES string of the molecule is CCCCC(=O)Nc1nnc(SCC(=O)Nc2ccc(C)cc2C)s1. The molecule has 0 aliphatic rings. The minimum Gasteiger partial charge on any atom is -0.325 e. The summed E-state index contributed by atoms with van der Waals surface area (Å²) in [6.45, 7) is 6.02. The number of amides is 2. The predicted octanol–water partition coefficient (Wildman–Crippen LogP) is 4.01. The van der Waals surface area contributed by atoms with Gasteiger partial charge in [0.05, 0.1) is 5.75 Å². The van der Waals surface area contributed by atoms with E-state index in [1.165, 1.54) is 23.1 Å². The van der Waals surface area contributed by atoms with Gasteiger partial charge in [-0.15, -0.1) is 10.2 Å². The minimum absolute atomic E-state index is 0.0536. The predicted molar refractivity (Wildman–Crippen MR) is 103 cm³/mol. The van der Waals surface area contributed by atoms with Gasteiger partial charge in [-0.2, -0.15) is 0 Å². The Balaban J connectivity index is 1.81. The van der Waals surface area contributed by atoms with Gasteiger partial charge in [0, 0.05) is 12.1 Å². The van der Waals surface area contributed by atoms with Crippen molar-refractivity contribution in [1.82, 2.24) is 10.2 Å². The first-order valence-electron chi connectivity index (χ1n) is 8.11. The standard InChI is InChI=1S/C17H22N4O2S2/c1-4-5-6-14(22)19-16-20-21-17(25-16)24-10-15(23)18-13-8-7-11(2)9-12(13)3/h7-9H,4-6,10H2,1-3H3,(H,18,23)(H,19,20,22). The Labute approximate surface area is 155 Å². The molecule has 2 amide bonds. The monoisotopic (exact) mass is 378 g/mol. The highest BCUT2D eigenvalue weighted by atomic mass is 32.2. The number of carbonyl (C=O) groups is 2. The lowest BCUT2D eigenvalue weighted by molar-refractivity contribution is -0.116. The molecule has 0 saturated heterocycles. The molecular formula is C17H22N4O2S2. The molecule has 2 aromatic rings. The highest BCUT2D eigenvalue weighted by Crippen LogP contribution is 2.26. The van der Waals surface area contributed by atoms with E-state index in [0.717, 1.165) is 29.7 Å². The van der Waals surface area contributed by atoms with Crippen LogP contribution in [0.15, 0.2) is 22.5 Å². The number of nitrogens with one attached hydrogen (secondary N) is 2. The maximum Gasteiger partial charge on any atom is 0.234 e. The minimum atomic E-state index is -0.0966. The molecule has 0 aliphatic heterocycles. The highest BCUT2D eigenvalue weighted by Gasteiger charge is 2.11. The van der Waals surface area contributed by atoms with E-state index >= 15 is 0 Å². The van der Waals surface area contributed by atoms with Crippen molar-refractivity contribution in [2.75, 3.05) is 16.4 Å². The van der Waals surface area contributed by atoms with Crippen LogP contribution in [0.3, 0.4) is 0 Å². The van der Waals surface area contributed by atoms with Crippen molar-refractivity contribution < 1.29 is 9.59 Å². The number of aryl methyl sites for hydroxylation is 2. The molecule has 8 heteroatoms. The number of aromatic nitrogens is 2. The number of anilines is 2. The summed E-state index contributed by atoms with van der Waals surface area (Å²) in [7, 11) is 0. The fraction of sp³-hybridized carbons (Fsp3) is 0.412. The van der Waals surface area contributed by atoms with Crippen LogP contribution in [0.25, 0.3) is 0 Å². The molecule has 0 spiro atoms. The zero-order chi connectivity index (χ0) is 18.2. The third kappa shape index (κ3) is 6.47. The summed E-state index contributed by atoms with van der Waals surface area (Å²) in [5.74, 6) is 0.0916. The maximum absolute atomic E-state index is 12.1. The maximum atomic E-state index is 12.1. The van der Waals surface area contributed by atoms with Crippen LogP contribution in [0.5, 0.6) is 0 Å². The van der Waals surface area contributed by atoms with Crippen molar-refractivity contribution in [2.45, 2.75) is 44.4 Å². The van der Waals surface area contributed by atoms with Gasteiger partial charge in [0.1, 0.15) is 0 Å². The summed E-state index contributed by atoms with van der Waals surface area (Å²) in [6.07, 6.45) is 2.31. The summed E-state index contributed by atoms with van der Waals surface area (Å²) in [5, 5.41) is 14.0. The third-order valence-electron chi connectivity index (χ3n) is 3.39. The number of hydrogen-bond acceptors (Lipinski definition) is 6. The Morgan fingerprint density at radius 3 is 2.68 bits per heavy atom. The fourth-order valence-electron chi connectivity index (χ4n) is 2.11. The normalized spacial score (nSPS) is 10.5. The molecule has 2 rings (SSSR count). The highest BCUT2D eigenvalue weighted by molar-refractivity contribution is 8.01. The molecule has 2 N–H and O–H groups in total. The quantitative estimate of drug-likeness (QED) is 0.535. The van der Waals surface area contributed by atoms with Crippen molar-refractivity contribution in [1.29, 1.82) is 0 Å². The zero-order valence-electron chi connectivity index (χ0n) is 14.6. The summed E-state index contributed by atoms with van der Waals surface area (Å²) >= 11 is 2.58. The molecule has 0 bridgehead atoms. The van der Waals surface area contributed by atoms with Gasteiger partial charge in [-0.25, -0.2) is 0 Å². The lowest BCUT2D eigenvalue weighted by Crippen LogP contribution is -2.14. The van der Waals surface area contributed by atoms with Gasteiger partial charge in [0.2, 0.25) is 16.9 Å². The van der Waals surface area contributed by atoms with Gasteiger partial charge in [0.15, 0.2) is 4.34 Å². The van der Waals surface area contributed by atoms with E-state index in [1.807, 2.05) is 39.0 Å². The van der Waals surface area contributed by atoms with Gasteiger partial charge in [-0.3, -0.25) is 9.59 Å². The first kappa shape index (κ1) is 19.4. The van der Waals surface area contributed by atoms with Crippen molar-refractivity contribution in [3.8, 4) is 0 Å². The van der Waals surface area contributed by atoms with Gasteiger partial charge in [-0.05, 0) is 31.9 Å². The summed E-state index contributed by atoms with van der Waals surface area (Å²) in [5.41, 5.74) is 3.01. The summed E-state index contributed by atoms with van der Waals surface area (Å²) in [4.78, 5) is 23.7. The van der Waals surface area contributed by atoms with Crippen LogP contribution in [-0.4, -0.2) is 27.8 Å². The van der Waals surface area contributed by atoms with Crippen molar-refractivity contribution in [3.05, 3.63) is 29.3 Å². The summed E-state index contributed by atoms with van der Waals surface area (Å²) in [6, 6.07) is 5.90. The lowest BCUT2D eigenvalue weighted by atomic mass is 10.1. The Hall–Kier alpha value is -1.93. The van der Waals surface area contributed by atoms with Gasteiger partial charge < -0.3 is 10.6 Å². The van der Waals surface area contributed by atoms with Crippen molar-refractivity contribution in [2.24, 2.45) is 0 Å². The smallest absolute Gasteiger partial charge is 0.234 e. The topological polar surface area (TPSA) is 84.0 Å². The van der Waals surface area contributed by atoms with E-state index in [1.54, 1.807) is 0 Å². The molecule has 0 unspecified atom stereocenters. The van der Waals surface area contributed by atoms with Gasteiger partial charge in [0.25, 0.3) is 0 Å². The number of carbonyl (C=O) groups excluding carboxylic acids is 2. The van der Waals surface area contributed by atoms with Crippen molar-refractivity contribution in [3.63, 3.8) is 0 Å². The number of thioether (sulfide) groups is 1. The van der Waals surface area contributed by atoms with Crippen LogP contribution >= 0.6 is 23.1 Å². The van der Waals surface area contributed by atoms with E-state index < -0.39 is 0 Å². The third-order valence-corrected chi connectivity index (χ3v) is 5.36. The Morgan fingerprint density at radius 1 is 1.16 bits per heavy atom. The lowest BCUT2D eigenvalue weighted by Gasteiger charge is -2.08. The van der Waals surface area contributed by atoms with E-state index in [2.05, 4.69) is 20.8 Å². The van der Waals surface area contributed by atoms with Crippen molar-refractivity contribution >= 4 is 45.7 Å². The van der Waals surface area contributed by atoms with E-state index in [0.29, 0.717) is 15.9 Å². The van der Waals surface area contributed by atoms with Crippen LogP contribution in [0, 0.1) is 13.8 Å². The number of rotatable bonds is 8. The molecule has 25 heavy (non-hydrogen) atoms. The molecule has 0 fully saturated rings. The number of unbranched alkanes of at least 4 members (excludes halogenated alkanes) is 1. The van der Waals surface area contributed by atoms with Crippen LogP contribution in [0.2, 0.25) is 0 Å². The van der Waals surface area contributed by atoms with E-state index in [-0.39, 0.29) is 17.6 Å². The van der Waals surface area contributed by atoms with E-state index in [9.17, 15) is 9.59 Å². The average Bonchev–Trinajstić information content (AvgIpc) is 3.01. The second kappa shape index (κ2) is 9.53. The van der Waals surface area contributed by atoms with E-state index in [4.69, 9.17) is 0 Å². The number of hydrogen-bond donors (Lipinski definition) is 2. The van der Waals surface area contributed by atoms with Crippen LogP contribution in [0.1, 0.15) is 37.3 Å². The van der Waals surface area contributed by atoms with Gasteiger partial charge >= 0.3 is 0 Å². The Kier molecular flexibility index (Phi) is 7.39. The number of benzene rings is 1. The molecule has 0 radical (unpaired) electrons. The first-order valence-corrected chi connectivity index (χ1v) is 9.91. The first-order chi connectivity index (χ1) is 12.0. The molecular weight excluding hydrogens is 356 g/mol. The number of nitrogens with zero attached hydrogens (tertiary/aromatic N) is 2. The molecule has 6 nitrogen and oxygen atoms in total. The molecule has 1 heterocycles. The molecule has 0 saturated carbocycles.